The molecule has 0 saturated heterocycles. The first-order valence-corrected chi connectivity index (χ1v) is 5.87. The quantitative estimate of drug-likeness (QED) is 0.849. The van der Waals surface area contributed by atoms with Crippen LogP contribution in [0.25, 0.3) is 10.9 Å². The van der Waals surface area contributed by atoms with Gasteiger partial charge in [0.05, 0.1) is 11.6 Å². The number of benzene rings is 1. The maximum absolute atomic E-state index is 9.93. The third kappa shape index (κ3) is 2.81. The van der Waals surface area contributed by atoms with Gasteiger partial charge >= 0.3 is 0 Å². The molecule has 1 heterocycles. The smallest absolute Gasteiger partial charge is 0.0791 e. The first kappa shape index (κ1) is 12.0. The third-order valence-corrected chi connectivity index (χ3v) is 2.87. The molecule has 3 heteroatoms. The zero-order valence-corrected chi connectivity index (χ0v) is 9.93. The fraction of sp³-hybridized carbons (Fsp3) is 0.357. The van der Waals surface area contributed by atoms with E-state index in [-0.39, 0.29) is 6.61 Å². The summed E-state index contributed by atoms with van der Waals surface area (Å²) in [5.74, 6) is 0. The molecule has 1 aromatic carbocycles. The zero-order chi connectivity index (χ0) is 12.3. The van der Waals surface area contributed by atoms with Gasteiger partial charge in [0.15, 0.2) is 0 Å². The predicted molar refractivity (Wildman–Crippen MR) is 67.8 cm³/mol. The van der Waals surface area contributed by atoms with Gasteiger partial charge in [-0.1, -0.05) is 12.1 Å². The Morgan fingerprint density at radius 3 is 2.82 bits per heavy atom. The summed E-state index contributed by atoms with van der Waals surface area (Å²) in [4.78, 5) is 4.42. The lowest BCUT2D eigenvalue weighted by atomic mass is 10.0. The normalized spacial score (nSPS) is 12.9. The van der Waals surface area contributed by atoms with Crippen LogP contribution in [-0.4, -0.2) is 21.8 Å². The van der Waals surface area contributed by atoms with Crippen LogP contribution in [0.5, 0.6) is 0 Å². The van der Waals surface area contributed by atoms with Crippen molar-refractivity contribution in [1.29, 1.82) is 0 Å². The van der Waals surface area contributed by atoms with Crippen molar-refractivity contribution < 1.29 is 10.2 Å². The van der Waals surface area contributed by atoms with Crippen LogP contribution < -0.4 is 0 Å². The lowest BCUT2D eigenvalue weighted by Gasteiger charge is -2.11. The highest BCUT2D eigenvalue weighted by molar-refractivity contribution is 5.79. The molecule has 90 valence electrons. The molecule has 2 N–H and O–H groups in total. The molecule has 17 heavy (non-hydrogen) atoms. The molecular formula is C14H17NO2. The van der Waals surface area contributed by atoms with Crippen molar-refractivity contribution in [2.45, 2.75) is 25.9 Å². The fourth-order valence-electron chi connectivity index (χ4n) is 1.90. The molecule has 0 fully saturated rings. The molecule has 0 aliphatic carbocycles. The van der Waals surface area contributed by atoms with Crippen molar-refractivity contribution in [1.82, 2.24) is 4.98 Å². The molecule has 0 spiro atoms. The summed E-state index contributed by atoms with van der Waals surface area (Å²) in [7, 11) is 0. The summed E-state index contributed by atoms with van der Waals surface area (Å²) in [6.45, 7) is 2.08. The molecule has 0 bridgehead atoms. The number of hydrogen-bond donors (Lipinski definition) is 2. The van der Waals surface area contributed by atoms with Crippen molar-refractivity contribution in [2.24, 2.45) is 0 Å². The van der Waals surface area contributed by atoms with E-state index < -0.39 is 6.10 Å². The third-order valence-electron chi connectivity index (χ3n) is 2.87. The summed E-state index contributed by atoms with van der Waals surface area (Å²) < 4.78 is 0. The van der Waals surface area contributed by atoms with Crippen LogP contribution in [0.1, 0.15) is 30.2 Å². The minimum Gasteiger partial charge on any atom is -0.396 e. The van der Waals surface area contributed by atoms with Gasteiger partial charge in [-0.15, -0.1) is 0 Å². The van der Waals surface area contributed by atoms with E-state index in [4.69, 9.17) is 5.11 Å². The highest BCUT2D eigenvalue weighted by Gasteiger charge is 2.07. The Labute approximate surface area is 101 Å². The standard InChI is InChI=1S/C14H17NO2/c1-10-4-5-11-9-12(6-7-13(11)15-10)14(17)3-2-8-16/h4-7,9,14,16-17H,2-3,8H2,1H3. The number of hydrogen-bond acceptors (Lipinski definition) is 3. The molecular weight excluding hydrogens is 214 g/mol. The number of aryl methyl sites for hydroxylation is 1. The molecule has 1 atom stereocenters. The second kappa shape index (κ2) is 5.25. The number of pyridine rings is 1. The number of rotatable bonds is 4. The monoisotopic (exact) mass is 231 g/mol. The van der Waals surface area contributed by atoms with E-state index in [1.807, 2.05) is 37.3 Å². The summed E-state index contributed by atoms with van der Waals surface area (Å²) in [5, 5.41) is 19.7. The molecule has 0 radical (unpaired) electrons. The van der Waals surface area contributed by atoms with Gasteiger partial charge in [0.1, 0.15) is 0 Å². The first-order chi connectivity index (χ1) is 8.20. The van der Waals surface area contributed by atoms with Gasteiger partial charge in [0.25, 0.3) is 0 Å². The van der Waals surface area contributed by atoms with Crippen LogP contribution in [-0.2, 0) is 0 Å². The highest BCUT2D eigenvalue weighted by atomic mass is 16.3. The highest BCUT2D eigenvalue weighted by Crippen LogP contribution is 2.22. The minimum atomic E-state index is -0.507. The Kier molecular flexibility index (Phi) is 3.71. The molecule has 2 aromatic rings. The van der Waals surface area contributed by atoms with Crippen LogP contribution in [0.15, 0.2) is 30.3 Å². The van der Waals surface area contributed by atoms with E-state index in [0.717, 1.165) is 22.2 Å². The summed E-state index contributed by atoms with van der Waals surface area (Å²) in [6, 6.07) is 9.77. The largest absolute Gasteiger partial charge is 0.396 e. The van der Waals surface area contributed by atoms with Crippen LogP contribution in [0.3, 0.4) is 0 Å². The van der Waals surface area contributed by atoms with Crippen LogP contribution in [0, 0.1) is 6.92 Å². The van der Waals surface area contributed by atoms with E-state index in [9.17, 15) is 5.11 Å². The zero-order valence-electron chi connectivity index (χ0n) is 9.93. The number of aromatic nitrogens is 1. The van der Waals surface area contributed by atoms with Gasteiger partial charge in [-0.05, 0) is 43.5 Å². The van der Waals surface area contributed by atoms with Crippen LogP contribution in [0.2, 0.25) is 0 Å². The number of fused-ring (bicyclic) bond motifs is 1. The lowest BCUT2D eigenvalue weighted by Crippen LogP contribution is -1.99. The van der Waals surface area contributed by atoms with E-state index in [2.05, 4.69) is 4.98 Å². The molecule has 1 unspecified atom stereocenters. The van der Waals surface area contributed by atoms with Crippen LogP contribution >= 0.6 is 0 Å². The molecule has 2 rings (SSSR count). The van der Waals surface area contributed by atoms with Gasteiger partial charge in [0.2, 0.25) is 0 Å². The minimum absolute atomic E-state index is 0.116. The molecule has 0 aliphatic heterocycles. The molecule has 0 saturated carbocycles. The Bertz CT molecular complexity index is 511. The maximum Gasteiger partial charge on any atom is 0.0791 e. The summed E-state index contributed by atoms with van der Waals surface area (Å²) >= 11 is 0. The van der Waals surface area contributed by atoms with Gasteiger partial charge in [-0.25, -0.2) is 0 Å². The van der Waals surface area contributed by atoms with Gasteiger partial charge < -0.3 is 10.2 Å². The van der Waals surface area contributed by atoms with E-state index in [0.29, 0.717) is 12.8 Å². The summed E-state index contributed by atoms with van der Waals surface area (Å²) in [5.41, 5.74) is 2.82. The molecule has 1 aromatic heterocycles. The van der Waals surface area contributed by atoms with E-state index in [1.165, 1.54) is 0 Å². The summed E-state index contributed by atoms with van der Waals surface area (Å²) in [6.07, 6.45) is 0.694. The maximum atomic E-state index is 9.93. The number of aliphatic hydroxyl groups is 2. The van der Waals surface area contributed by atoms with Crippen LogP contribution in [0.4, 0.5) is 0 Å². The van der Waals surface area contributed by atoms with Crippen molar-refractivity contribution in [2.75, 3.05) is 6.61 Å². The topological polar surface area (TPSA) is 53.4 Å². The van der Waals surface area contributed by atoms with Gasteiger partial charge in [-0.2, -0.15) is 0 Å². The van der Waals surface area contributed by atoms with Crippen molar-refractivity contribution in [3.05, 3.63) is 41.6 Å². The van der Waals surface area contributed by atoms with Crippen molar-refractivity contribution >= 4 is 10.9 Å². The van der Waals surface area contributed by atoms with Gasteiger partial charge in [-0.3, -0.25) is 4.98 Å². The Balaban J connectivity index is 2.28. The van der Waals surface area contributed by atoms with Gasteiger partial charge in [0, 0.05) is 17.7 Å². The molecule has 3 nitrogen and oxygen atoms in total. The van der Waals surface area contributed by atoms with Crippen molar-refractivity contribution in [3.8, 4) is 0 Å². The molecule has 0 aliphatic rings. The lowest BCUT2D eigenvalue weighted by molar-refractivity contribution is 0.152. The molecule has 0 amide bonds. The second-order valence-electron chi connectivity index (χ2n) is 4.29. The predicted octanol–water partition coefficient (Wildman–Crippen LogP) is 2.35. The fourth-order valence-corrected chi connectivity index (χ4v) is 1.90. The Morgan fingerprint density at radius 1 is 1.24 bits per heavy atom. The Morgan fingerprint density at radius 2 is 2.06 bits per heavy atom. The van der Waals surface area contributed by atoms with Crippen molar-refractivity contribution in [3.63, 3.8) is 0 Å². The first-order valence-electron chi connectivity index (χ1n) is 5.87. The average molecular weight is 231 g/mol. The second-order valence-corrected chi connectivity index (χ2v) is 4.29. The number of nitrogens with zero attached hydrogens (tertiary/aromatic N) is 1. The van der Waals surface area contributed by atoms with E-state index in [1.54, 1.807) is 0 Å². The Hall–Kier alpha value is -1.45. The SMILES string of the molecule is Cc1ccc2cc(C(O)CCCO)ccc2n1. The average Bonchev–Trinajstić information content (AvgIpc) is 2.35. The van der Waals surface area contributed by atoms with E-state index >= 15 is 0 Å². The number of aliphatic hydroxyl groups excluding tert-OH is 2.